The first kappa shape index (κ1) is 13.7. The molecule has 2 rings (SSSR count). The van der Waals surface area contributed by atoms with Crippen LogP contribution in [0.2, 0.25) is 0 Å². The Morgan fingerprint density at radius 2 is 2.00 bits per heavy atom. The summed E-state index contributed by atoms with van der Waals surface area (Å²) >= 11 is 0. The van der Waals surface area contributed by atoms with E-state index in [-0.39, 0.29) is 0 Å². The number of hydrogen-bond acceptors (Lipinski definition) is 5. The summed E-state index contributed by atoms with van der Waals surface area (Å²) in [6, 6.07) is 1.94. The fourth-order valence-corrected chi connectivity index (χ4v) is 2.05. The third kappa shape index (κ3) is 2.40. The maximum absolute atomic E-state index is 6.28. The van der Waals surface area contributed by atoms with Crippen molar-refractivity contribution in [2.75, 3.05) is 0 Å². The lowest BCUT2D eigenvalue weighted by Crippen LogP contribution is -2.36. The SMILES string of the molecule is CCn1nc(C)cc1-c1nc(C(N)(CC)CC)no1. The largest absolute Gasteiger partial charge is 0.332 e. The van der Waals surface area contributed by atoms with E-state index in [1.807, 2.05) is 38.4 Å². The Morgan fingerprint density at radius 1 is 1.32 bits per heavy atom. The number of nitrogens with two attached hydrogens (primary N) is 1. The molecule has 0 aromatic carbocycles. The molecule has 6 heteroatoms. The molecule has 19 heavy (non-hydrogen) atoms. The van der Waals surface area contributed by atoms with Gasteiger partial charge in [-0.2, -0.15) is 10.1 Å². The minimum Gasteiger partial charge on any atom is -0.332 e. The van der Waals surface area contributed by atoms with Crippen LogP contribution in [0.1, 0.15) is 45.1 Å². The van der Waals surface area contributed by atoms with Gasteiger partial charge in [-0.25, -0.2) is 0 Å². The van der Waals surface area contributed by atoms with E-state index in [9.17, 15) is 0 Å². The molecule has 0 saturated carbocycles. The normalized spacial score (nSPS) is 12.1. The van der Waals surface area contributed by atoms with Crippen molar-refractivity contribution in [1.29, 1.82) is 0 Å². The van der Waals surface area contributed by atoms with Crippen LogP contribution in [0.25, 0.3) is 11.6 Å². The monoisotopic (exact) mass is 263 g/mol. The van der Waals surface area contributed by atoms with E-state index in [0.717, 1.165) is 30.8 Å². The molecule has 0 fully saturated rings. The van der Waals surface area contributed by atoms with Crippen molar-refractivity contribution in [3.63, 3.8) is 0 Å². The summed E-state index contributed by atoms with van der Waals surface area (Å²) in [5.41, 5.74) is 7.53. The van der Waals surface area contributed by atoms with Crippen LogP contribution in [0.4, 0.5) is 0 Å². The van der Waals surface area contributed by atoms with Crippen LogP contribution in [0, 0.1) is 6.92 Å². The maximum Gasteiger partial charge on any atom is 0.276 e. The fraction of sp³-hybridized carbons (Fsp3) is 0.615. The molecule has 2 heterocycles. The van der Waals surface area contributed by atoms with Crippen LogP contribution < -0.4 is 5.73 Å². The standard InChI is InChI=1S/C13H21N5O/c1-5-13(14,6-2)12-15-11(19-17-12)10-8-9(4)16-18(10)7-3/h8H,5-7,14H2,1-4H3. The van der Waals surface area contributed by atoms with Crippen molar-refractivity contribution in [2.45, 2.75) is 52.6 Å². The summed E-state index contributed by atoms with van der Waals surface area (Å²) in [5, 5.41) is 8.41. The number of nitrogens with zero attached hydrogens (tertiary/aromatic N) is 4. The van der Waals surface area contributed by atoms with E-state index < -0.39 is 5.54 Å². The Kier molecular flexibility index (Phi) is 3.71. The van der Waals surface area contributed by atoms with Gasteiger partial charge < -0.3 is 10.3 Å². The zero-order valence-corrected chi connectivity index (χ0v) is 12.0. The number of aromatic nitrogens is 4. The topological polar surface area (TPSA) is 82.8 Å². The van der Waals surface area contributed by atoms with Gasteiger partial charge >= 0.3 is 0 Å². The average Bonchev–Trinajstić information content (AvgIpc) is 3.03. The molecule has 0 radical (unpaired) electrons. The Bertz CT molecular complexity index is 553. The molecule has 2 aromatic heterocycles. The summed E-state index contributed by atoms with van der Waals surface area (Å²) in [5.74, 6) is 1.04. The van der Waals surface area contributed by atoms with Crippen LogP contribution in [0.5, 0.6) is 0 Å². The Balaban J connectivity index is 2.40. The van der Waals surface area contributed by atoms with Gasteiger partial charge in [0.25, 0.3) is 5.89 Å². The van der Waals surface area contributed by atoms with E-state index in [1.54, 1.807) is 0 Å². The van der Waals surface area contributed by atoms with Gasteiger partial charge in [0.15, 0.2) is 5.82 Å². The van der Waals surface area contributed by atoms with Crippen molar-refractivity contribution >= 4 is 0 Å². The van der Waals surface area contributed by atoms with Crippen molar-refractivity contribution in [3.8, 4) is 11.6 Å². The molecule has 6 nitrogen and oxygen atoms in total. The van der Waals surface area contributed by atoms with Gasteiger partial charge in [0.05, 0.1) is 11.2 Å². The van der Waals surface area contributed by atoms with Crippen LogP contribution >= 0.6 is 0 Å². The molecule has 0 atom stereocenters. The van der Waals surface area contributed by atoms with Crippen molar-refractivity contribution in [1.82, 2.24) is 19.9 Å². The van der Waals surface area contributed by atoms with Crippen LogP contribution in [-0.4, -0.2) is 19.9 Å². The number of hydrogen-bond donors (Lipinski definition) is 1. The first-order valence-electron chi connectivity index (χ1n) is 6.72. The van der Waals surface area contributed by atoms with Crippen molar-refractivity contribution in [3.05, 3.63) is 17.6 Å². The highest BCUT2D eigenvalue weighted by Gasteiger charge is 2.29. The molecule has 2 N–H and O–H groups in total. The fourth-order valence-electron chi connectivity index (χ4n) is 2.05. The predicted octanol–water partition coefficient (Wildman–Crippen LogP) is 2.24. The molecule has 0 aliphatic heterocycles. The summed E-state index contributed by atoms with van der Waals surface area (Å²) < 4.78 is 7.20. The van der Waals surface area contributed by atoms with Crippen molar-refractivity contribution in [2.24, 2.45) is 5.73 Å². The molecular formula is C13H21N5O. The molecule has 0 unspecified atom stereocenters. The van der Waals surface area contributed by atoms with Crippen molar-refractivity contribution < 1.29 is 4.52 Å². The van der Waals surface area contributed by atoms with E-state index in [2.05, 4.69) is 15.2 Å². The van der Waals surface area contributed by atoms with E-state index in [0.29, 0.717) is 11.7 Å². The Morgan fingerprint density at radius 3 is 2.58 bits per heavy atom. The minimum absolute atomic E-state index is 0.481. The summed E-state index contributed by atoms with van der Waals surface area (Å²) in [6.07, 6.45) is 1.54. The first-order valence-corrected chi connectivity index (χ1v) is 6.72. The van der Waals surface area contributed by atoms with Gasteiger partial charge in [0.2, 0.25) is 0 Å². The Hall–Kier alpha value is -1.69. The van der Waals surface area contributed by atoms with Crippen LogP contribution in [0.15, 0.2) is 10.6 Å². The number of rotatable bonds is 5. The molecule has 104 valence electrons. The van der Waals surface area contributed by atoms with Gasteiger partial charge in [-0.05, 0) is 32.8 Å². The molecule has 2 aromatic rings. The average molecular weight is 263 g/mol. The van der Waals surface area contributed by atoms with Gasteiger partial charge in [0, 0.05) is 6.54 Å². The minimum atomic E-state index is -0.520. The molecule has 0 bridgehead atoms. The smallest absolute Gasteiger partial charge is 0.276 e. The lowest BCUT2D eigenvalue weighted by atomic mass is 9.93. The number of aryl methyl sites for hydroxylation is 2. The van der Waals surface area contributed by atoms with E-state index >= 15 is 0 Å². The van der Waals surface area contributed by atoms with Gasteiger partial charge in [-0.1, -0.05) is 19.0 Å². The summed E-state index contributed by atoms with van der Waals surface area (Å²) in [7, 11) is 0. The third-order valence-corrected chi connectivity index (χ3v) is 3.55. The Labute approximate surface area is 113 Å². The van der Waals surface area contributed by atoms with Gasteiger partial charge in [-0.3, -0.25) is 4.68 Å². The molecule has 0 aliphatic carbocycles. The summed E-state index contributed by atoms with van der Waals surface area (Å²) in [6.45, 7) is 8.78. The molecular weight excluding hydrogens is 242 g/mol. The van der Waals surface area contributed by atoms with Crippen LogP contribution in [0.3, 0.4) is 0 Å². The second-order valence-electron chi connectivity index (χ2n) is 4.77. The van der Waals surface area contributed by atoms with Gasteiger partial charge in [-0.15, -0.1) is 0 Å². The zero-order valence-electron chi connectivity index (χ0n) is 12.0. The first-order chi connectivity index (χ1) is 9.04. The van der Waals surface area contributed by atoms with Crippen LogP contribution in [-0.2, 0) is 12.1 Å². The highest BCUT2D eigenvalue weighted by molar-refractivity contribution is 5.48. The third-order valence-electron chi connectivity index (χ3n) is 3.55. The quantitative estimate of drug-likeness (QED) is 0.894. The lowest BCUT2D eigenvalue weighted by molar-refractivity contribution is 0.349. The molecule has 0 aliphatic rings. The molecule has 0 saturated heterocycles. The van der Waals surface area contributed by atoms with Gasteiger partial charge in [0.1, 0.15) is 5.69 Å². The molecule has 0 spiro atoms. The summed E-state index contributed by atoms with van der Waals surface area (Å²) in [4.78, 5) is 4.45. The van der Waals surface area contributed by atoms with E-state index in [4.69, 9.17) is 10.3 Å². The second kappa shape index (κ2) is 5.13. The highest BCUT2D eigenvalue weighted by atomic mass is 16.5. The lowest BCUT2D eigenvalue weighted by Gasteiger charge is -2.21. The second-order valence-corrected chi connectivity index (χ2v) is 4.77. The predicted molar refractivity (Wildman–Crippen MR) is 72.4 cm³/mol. The maximum atomic E-state index is 6.28. The zero-order chi connectivity index (χ0) is 14.0. The van der Waals surface area contributed by atoms with E-state index in [1.165, 1.54) is 0 Å². The molecule has 0 amide bonds. The highest BCUT2D eigenvalue weighted by Crippen LogP contribution is 2.26.